The van der Waals surface area contributed by atoms with Gasteiger partial charge in [0.1, 0.15) is 0 Å². The van der Waals surface area contributed by atoms with Gasteiger partial charge in [-0.2, -0.15) is 0 Å². The minimum Gasteiger partial charge on any atom is -0.411 e. The fraction of sp³-hybridized carbons (Fsp3) is 0.667. The van der Waals surface area contributed by atoms with Crippen LogP contribution in [0.5, 0.6) is 0 Å². The topological polar surface area (TPSA) is 32.6 Å². The van der Waals surface area contributed by atoms with E-state index < -0.39 is 0 Å². The molecule has 1 aliphatic carbocycles. The molecule has 0 aromatic carbocycles. The zero-order valence-corrected chi connectivity index (χ0v) is 7.01. The highest BCUT2D eigenvalue weighted by Gasteiger charge is 2.19. The molecule has 0 aromatic rings. The standard InChI is InChI=1S/C9H15NO/c1-7-5-3-4-6-9(7)8(2)10-11/h9,11H,1,3-6H2,2H3/b10-8+. The van der Waals surface area contributed by atoms with Crippen LogP contribution in [0.3, 0.4) is 0 Å². The molecule has 62 valence electrons. The molecule has 1 unspecified atom stereocenters. The van der Waals surface area contributed by atoms with Crippen molar-refractivity contribution in [2.75, 3.05) is 0 Å². The molecule has 1 aliphatic rings. The summed E-state index contributed by atoms with van der Waals surface area (Å²) in [5.74, 6) is 0.341. The lowest BCUT2D eigenvalue weighted by Crippen LogP contribution is -2.17. The second-order valence-corrected chi connectivity index (χ2v) is 3.20. The van der Waals surface area contributed by atoms with Gasteiger partial charge in [-0.1, -0.05) is 23.7 Å². The number of nitrogens with zero attached hydrogens (tertiary/aromatic N) is 1. The van der Waals surface area contributed by atoms with Crippen LogP contribution < -0.4 is 0 Å². The highest BCUT2D eigenvalue weighted by atomic mass is 16.4. The maximum atomic E-state index is 8.55. The normalized spacial score (nSPS) is 27.2. The van der Waals surface area contributed by atoms with Crippen LogP contribution in [0, 0.1) is 5.92 Å². The monoisotopic (exact) mass is 153 g/mol. The van der Waals surface area contributed by atoms with Crippen molar-refractivity contribution in [3.05, 3.63) is 12.2 Å². The molecule has 1 rings (SSSR count). The quantitative estimate of drug-likeness (QED) is 0.267. The van der Waals surface area contributed by atoms with Crippen LogP contribution in [0.4, 0.5) is 0 Å². The molecular weight excluding hydrogens is 138 g/mol. The summed E-state index contributed by atoms with van der Waals surface area (Å²) in [6.07, 6.45) is 4.68. The van der Waals surface area contributed by atoms with Gasteiger partial charge in [0.15, 0.2) is 0 Å². The Labute approximate surface area is 67.6 Å². The van der Waals surface area contributed by atoms with Crippen LogP contribution in [0.25, 0.3) is 0 Å². The molecule has 1 N–H and O–H groups in total. The summed E-state index contributed by atoms with van der Waals surface area (Å²) >= 11 is 0. The van der Waals surface area contributed by atoms with Gasteiger partial charge in [0.2, 0.25) is 0 Å². The summed E-state index contributed by atoms with van der Waals surface area (Å²) in [5.41, 5.74) is 2.04. The van der Waals surface area contributed by atoms with Gasteiger partial charge >= 0.3 is 0 Å². The van der Waals surface area contributed by atoms with Crippen LogP contribution in [0.2, 0.25) is 0 Å². The van der Waals surface area contributed by atoms with Crippen molar-refractivity contribution in [1.82, 2.24) is 0 Å². The van der Waals surface area contributed by atoms with E-state index in [1.807, 2.05) is 6.92 Å². The first-order valence-corrected chi connectivity index (χ1v) is 4.12. The summed E-state index contributed by atoms with van der Waals surface area (Å²) in [7, 11) is 0. The molecule has 2 heteroatoms. The van der Waals surface area contributed by atoms with E-state index in [1.165, 1.54) is 18.4 Å². The third-order valence-corrected chi connectivity index (χ3v) is 2.40. The predicted octanol–water partition coefficient (Wildman–Crippen LogP) is 2.58. The molecule has 0 aromatic heterocycles. The van der Waals surface area contributed by atoms with E-state index in [0.29, 0.717) is 5.92 Å². The molecule has 0 saturated heterocycles. The van der Waals surface area contributed by atoms with E-state index in [2.05, 4.69) is 11.7 Å². The smallest absolute Gasteiger partial charge is 0.0611 e. The summed E-state index contributed by atoms with van der Waals surface area (Å²) in [5, 5.41) is 11.8. The number of hydrogen-bond acceptors (Lipinski definition) is 2. The minimum atomic E-state index is 0.341. The second kappa shape index (κ2) is 3.56. The van der Waals surface area contributed by atoms with Crippen molar-refractivity contribution in [1.29, 1.82) is 0 Å². The Hall–Kier alpha value is -0.790. The number of hydrogen-bond donors (Lipinski definition) is 1. The molecule has 1 atom stereocenters. The maximum absolute atomic E-state index is 8.55. The fourth-order valence-corrected chi connectivity index (χ4v) is 1.65. The van der Waals surface area contributed by atoms with E-state index in [1.54, 1.807) is 0 Å². The molecule has 1 fully saturated rings. The molecule has 0 heterocycles. The summed E-state index contributed by atoms with van der Waals surface area (Å²) < 4.78 is 0. The van der Waals surface area contributed by atoms with E-state index in [9.17, 15) is 0 Å². The molecule has 1 saturated carbocycles. The Balaban J connectivity index is 2.62. The van der Waals surface area contributed by atoms with Gasteiger partial charge in [0, 0.05) is 5.92 Å². The highest BCUT2D eigenvalue weighted by Crippen LogP contribution is 2.28. The van der Waals surface area contributed by atoms with Crippen molar-refractivity contribution >= 4 is 5.71 Å². The zero-order valence-electron chi connectivity index (χ0n) is 7.01. The fourth-order valence-electron chi connectivity index (χ4n) is 1.65. The third-order valence-electron chi connectivity index (χ3n) is 2.40. The number of oxime groups is 1. The molecular formula is C9H15NO. The van der Waals surface area contributed by atoms with Gasteiger partial charge in [0.05, 0.1) is 5.71 Å². The Morgan fingerprint density at radius 1 is 1.64 bits per heavy atom. The van der Waals surface area contributed by atoms with Crippen molar-refractivity contribution in [3.8, 4) is 0 Å². The van der Waals surface area contributed by atoms with Gasteiger partial charge in [-0.3, -0.25) is 0 Å². The lowest BCUT2D eigenvalue weighted by Gasteiger charge is -2.23. The molecule has 0 amide bonds. The minimum absolute atomic E-state index is 0.341. The first kappa shape index (κ1) is 8.31. The lowest BCUT2D eigenvalue weighted by atomic mass is 9.83. The molecule has 0 spiro atoms. The van der Waals surface area contributed by atoms with E-state index >= 15 is 0 Å². The van der Waals surface area contributed by atoms with E-state index in [4.69, 9.17) is 5.21 Å². The summed E-state index contributed by atoms with van der Waals surface area (Å²) in [4.78, 5) is 0. The van der Waals surface area contributed by atoms with E-state index in [0.717, 1.165) is 18.6 Å². The summed E-state index contributed by atoms with van der Waals surface area (Å²) in [6.45, 7) is 5.83. The molecule has 0 radical (unpaired) electrons. The van der Waals surface area contributed by atoms with Crippen molar-refractivity contribution in [3.63, 3.8) is 0 Å². The van der Waals surface area contributed by atoms with Crippen LogP contribution in [0.1, 0.15) is 32.6 Å². The van der Waals surface area contributed by atoms with Crippen LogP contribution in [0.15, 0.2) is 17.3 Å². The number of rotatable bonds is 1. The first-order valence-electron chi connectivity index (χ1n) is 4.12. The van der Waals surface area contributed by atoms with Gasteiger partial charge in [0.25, 0.3) is 0 Å². The lowest BCUT2D eigenvalue weighted by molar-refractivity contribution is 0.313. The van der Waals surface area contributed by atoms with Gasteiger partial charge in [-0.25, -0.2) is 0 Å². The maximum Gasteiger partial charge on any atom is 0.0611 e. The third kappa shape index (κ3) is 1.82. The Morgan fingerprint density at radius 3 is 2.91 bits per heavy atom. The average Bonchev–Trinajstić information content (AvgIpc) is 2.04. The molecule has 11 heavy (non-hydrogen) atoms. The summed E-state index contributed by atoms with van der Waals surface area (Å²) in [6, 6.07) is 0. The molecule has 2 nitrogen and oxygen atoms in total. The van der Waals surface area contributed by atoms with Crippen molar-refractivity contribution < 1.29 is 5.21 Å². The van der Waals surface area contributed by atoms with Gasteiger partial charge < -0.3 is 5.21 Å². The van der Waals surface area contributed by atoms with Gasteiger partial charge in [-0.05, 0) is 26.2 Å². The SMILES string of the molecule is C=C1CCCCC1/C(C)=N/O. The number of allylic oxidation sites excluding steroid dienone is 1. The van der Waals surface area contributed by atoms with E-state index in [-0.39, 0.29) is 0 Å². The predicted molar refractivity (Wildman–Crippen MR) is 46.0 cm³/mol. The average molecular weight is 153 g/mol. The largest absolute Gasteiger partial charge is 0.411 e. The molecule has 0 aliphatic heterocycles. The van der Waals surface area contributed by atoms with Crippen molar-refractivity contribution in [2.45, 2.75) is 32.6 Å². The van der Waals surface area contributed by atoms with Gasteiger partial charge in [-0.15, -0.1) is 0 Å². The highest BCUT2D eigenvalue weighted by molar-refractivity contribution is 5.86. The first-order chi connectivity index (χ1) is 5.25. The van der Waals surface area contributed by atoms with Crippen LogP contribution >= 0.6 is 0 Å². The Kier molecular flexibility index (Phi) is 2.69. The zero-order chi connectivity index (χ0) is 8.27. The Bertz CT molecular complexity index is 184. The van der Waals surface area contributed by atoms with Crippen molar-refractivity contribution in [2.24, 2.45) is 11.1 Å². The van der Waals surface area contributed by atoms with Crippen LogP contribution in [-0.2, 0) is 0 Å². The Morgan fingerprint density at radius 2 is 2.36 bits per heavy atom. The second-order valence-electron chi connectivity index (χ2n) is 3.20. The van der Waals surface area contributed by atoms with Crippen LogP contribution in [-0.4, -0.2) is 10.9 Å². The molecule has 0 bridgehead atoms.